The van der Waals surface area contributed by atoms with E-state index in [1.165, 1.54) is 16.0 Å². The minimum Gasteiger partial charge on any atom is -0.306 e. The second-order valence-electron chi connectivity index (χ2n) is 4.03. The Kier molecular flexibility index (Phi) is 4.62. The number of thiophene rings is 2. The standard InChI is InChI=1S/C13H16ClNS2/c1-3-5-15-12(10-8-16-7-9(10)2)13-11(14)4-6-17-13/h4,6-8,12,15H,3,5H2,1-2H3. The first-order valence-corrected chi connectivity index (χ1v) is 7.93. The van der Waals surface area contributed by atoms with Crippen molar-refractivity contribution in [1.29, 1.82) is 0 Å². The Bertz CT molecular complexity index is 435. The van der Waals surface area contributed by atoms with Crippen LogP contribution in [0.3, 0.4) is 0 Å². The zero-order chi connectivity index (χ0) is 12.3. The average Bonchev–Trinajstić information content (AvgIpc) is 2.90. The normalized spacial score (nSPS) is 12.9. The molecule has 0 aromatic carbocycles. The molecule has 2 aromatic heterocycles. The maximum atomic E-state index is 6.26. The summed E-state index contributed by atoms with van der Waals surface area (Å²) >= 11 is 9.73. The molecular weight excluding hydrogens is 270 g/mol. The van der Waals surface area contributed by atoms with Crippen molar-refractivity contribution < 1.29 is 0 Å². The fourth-order valence-corrected chi connectivity index (χ4v) is 3.95. The number of nitrogens with one attached hydrogen (secondary N) is 1. The molecule has 4 heteroatoms. The van der Waals surface area contributed by atoms with Crippen LogP contribution in [0.4, 0.5) is 0 Å². The number of rotatable bonds is 5. The lowest BCUT2D eigenvalue weighted by atomic mass is 10.1. The Hall–Kier alpha value is -0.350. The molecule has 2 heterocycles. The van der Waals surface area contributed by atoms with Crippen molar-refractivity contribution in [2.24, 2.45) is 0 Å². The van der Waals surface area contributed by atoms with Gasteiger partial charge in [0.1, 0.15) is 0 Å². The molecule has 2 rings (SSSR count). The first kappa shape index (κ1) is 13.1. The van der Waals surface area contributed by atoms with Crippen LogP contribution in [0.1, 0.15) is 35.4 Å². The average molecular weight is 286 g/mol. The molecule has 0 radical (unpaired) electrons. The van der Waals surface area contributed by atoms with E-state index in [-0.39, 0.29) is 6.04 Å². The molecule has 0 saturated carbocycles. The molecule has 1 N–H and O–H groups in total. The molecule has 0 saturated heterocycles. The second kappa shape index (κ2) is 6.01. The van der Waals surface area contributed by atoms with Crippen molar-refractivity contribution in [2.75, 3.05) is 6.54 Å². The third-order valence-corrected chi connectivity index (χ3v) is 5.01. The van der Waals surface area contributed by atoms with Gasteiger partial charge in [0.2, 0.25) is 0 Å². The zero-order valence-electron chi connectivity index (χ0n) is 10.00. The van der Waals surface area contributed by atoms with Crippen molar-refractivity contribution in [3.05, 3.63) is 43.2 Å². The maximum absolute atomic E-state index is 6.26. The van der Waals surface area contributed by atoms with Crippen LogP contribution >= 0.6 is 34.3 Å². The van der Waals surface area contributed by atoms with Gasteiger partial charge in [-0.3, -0.25) is 0 Å². The molecule has 0 aliphatic heterocycles. The lowest BCUT2D eigenvalue weighted by Gasteiger charge is -2.18. The van der Waals surface area contributed by atoms with Crippen LogP contribution in [0.5, 0.6) is 0 Å². The predicted molar refractivity (Wildman–Crippen MR) is 78.5 cm³/mol. The van der Waals surface area contributed by atoms with Gasteiger partial charge in [-0.25, -0.2) is 0 Å². The molecule has 1 atom stereocenters. The largest absolute Gasteiger partial charge is 0.306 e. The third kappa shape index (κ3) is 2.91. The van der Waals surface area contributed by atoms with Gasteiger partial charge in [0.15, 0.2) is 0 Å². The van der Waals surface area contributed by atoms with Crippen molar-refractivity contribution in [1.82, 2.24) is 5.32 Å². The summed E-state index contributed by atoms with van der Waals surface area (Å²) in [6.07, 6.45) is 1.13. The summed E-state index contributed by atoms with van der Waals surface area (Å²) in [5, 5.41) is 10.9. The van der Waals surface area contributed by atoms with Gasteiger partial charge in [-0.2, -0.15) is 11.3 Å². The van der Waals surface area contributed by atoms with Crippen molar-refractivity contribution in [2.45, 2.75) is 26.3 Å². The van der Waals surface area contributed by atoms with Crippen LogP contribution < -0.4 is 5.32 Å². The quantitative estimate of drug-likeness (QED) is 0.827. The van der Waals surface area contributed by atoms with E-state index in [1.54, 1.807) is 22.7 Å². The van der Waals surface area contributed by atoms with E-state index < -0.39 is 0 Å². The third-order valence-electron chi connectivity index (χ3n) is 2.71. The predicted octanol–water partition coefficient (Wildman–Crippen LogP) is 4.86. The summed E-state index contributed by atoms with van der Waals surface area (Å²) in [4.78, 5) is 1.22. The van der Waals surface area contributed by atoms with Crippen LogP contribution in [0.25, 0.3) is 0 Å². The lowest BCUT2D eigenvalue weighted by molar-refractivity contribution is 0.605. The lowest BCUT2D eigenvalue weighted by Crippen LogP contribution is -2.22. The molecule has 0 fully saturated rings. The fourth-order valence-electron chi connectivity index (χ4n) is 1.81. The van der Waals surface area contributed by atoms with Gasteiger partial charge >= 0.3 is 0 Å². The van der Waals surface area contributed by atoms with Gasteiger partial charge < -0.3 is 5.32 Å². The molecule has 1 unspecified atom stereocenters. The summed E-state index contributed by atoms with van der Waals surface area (Å²) in [5.41, 5.74) is 2.70. The Morgan fingerprint density at radius 1 is 1.41 bits per heavy atom. The Morgan fingerprint density at radius 2 is 2.24 bits per heavy atom. The molecular formula is C13H16ClNS2. The monoisotopic (exact) mass is 285 g/mol. The Balaban J connectivity index is 2.32. The summed E-state index contributed by atoms with van der Waals surface area (Å²) < 4.78 is 0. The molecule has 92 valence electrons. The minimum absolute atomic E-state index is 0.244. The van der Waals surface area contributed by atoms with Gasteiger partial charge in [0.25, 0.3) is 0 Å². The number of hydrogen-bond acceptors (Lipinski definition) is 3. The number of halogens is 1. The number of aryl methyl sites for hydroxylation is 1. The minimum atomic E-state index is 0.244. The number of hydrogen-bond donors (Lipinski definition) is 1. The highest BCUT2D eigenvalue weighted by Gasteiger charge is 2.19. The van der Waals surface area contributed by atoms with Gasteiger partial charge in [0.05, 0.1) is 11.1 Å². The van der Waals surface area contributed by atoms with Gasteiger partial charge in [-0.15, -0.1) is 11.3 Å². The van der Waals surface area contributed by atoms with E-state index >= 15 is 0 Å². The summed E-state index contributed by atoms with van der Waals surface area (Å²) in [7, 11) is 0. The van der Waals surface area contributed by atoms with E-state index in [2.05, 4.69) is 35.3 Å². The molecule has 0 aliphatic carbocycles. The van der Waals surface area contributed by atoms with Gasteiger partial charge in [-0.05, 0) is 53.2 Å². The molecule has 0 amide bonds. The van der Waals surface area contributed by atoms with Crippen LogP contribution in [0.15, 0.2) is 22.2 Å². The van der Waals surface area contributed by atoms with Crippen LogP contribution in [-0.4, -0.2) is 6.54 Å². The second-order valence-corrected chi connectivity index (χ2v) is 6.13. The van der Waals surface area contributed by atoms with E-state index in [0.29, 0.717) is 0 Å². The molecule has 17 heavy (non-hydrogen) atoms. The first-order valence-electron chi connectivity index (χ1n) is 5.73. The molecule has 1 nitrogen and oxygen atoms in total. The summed E-state index contributed by atoms with van der Waals surface area (Å²) in [5.74, 6) is 0. The Morgan fingerprint density at radius 3 is 2.76 bits per heavy atom. The van der Waals surface area contributed by atoms with E-state index in [9.17, 15) is 0 Å². The van der Waals surface area contributed by atoms with Crippen LogP contribution in [0, 0.1) is 6.92 Å². The van der Waals surface area contributed by atoms with Crippen molar-refractivity contribution in [3.63, 3.8) is 0 Å². The van der Waals surface area contributed by atoms with Crippen molar-refractivity contribution >= 4 is 34.3 Å². The zero-order valence-corrected chi connectivity index (χ0v) is 12.4. The van der Waals surface area contributed by atoms with Gasteiger partial charge in [-0.1, -0.05) is 18.5 Å². The van der Waals surface area contributed by atoms with E-state index in [1.807, 2.05) is 6.07 Å². The van der Waals surface area contributed by atoms with Crippen molar-refractivity contribution in [3.8, 4) is 0 Å². The SMILES string of the molecule is CCCNC(c1cscc1C)c1sccc1Cl. The highest BCUT2D eigenvalue weighted by Crippen LogP contribution is 2.35. The smallest absolute Gasteiger partial charge is 0.0696 e. The topological polar surface area (TPSA) is 12.0 Å². The van der Waals surface area contributed by atoms with E-state index in [4.69, 9.17) is 11.6 Å². The first-order chi connectivity index (χ1) is 8.24. The van der Waals surface area contributed by atoms with Crippen LogP contribution in [-0.2, 0) is 0 Å². The molecule has 0 spiro atoms. The maximum Gasteiger partial charge on any atom is 0.0696 e. The van der Waals surface area contributed by atoms with E-state index in [0.717, 1.165) is 18.0 Å². The summed E-state index contributed by atoms with van der Waals surface area (Å²) in [6.45, 7) is 5.35. The fraction of sp³-hybridized carbons (Fsp3) is 0.385. The van der Waals surface area contributed by atoms with Crippen LogP contribution in [0.2, 0.25) is 5.02 Å². The van der Waals surface area contributed by atoms with Gasteiger partial charge in [0, 0.05) is 4.88 Å². The molecule has 0 bridgehead atoms. The highest BCUT2D eigenvalue weighted by molar-refractivity contribution is 7.10. The Labute approximate surface area is 115 Å². The summed E-state index contributed by atoms with van der Waals surface area (Å²) in [6, 6.07) is 2.22. The molecule has 0 aliphatic rings. The highest BCUT2D eigenvalue weighted by atomic mass is 35.5. The molecule has 2 aromatic rings.